The summed E-state index contributed by atoms with van der Waals surface area (Å²) in [4.78, 5) is 13.0. The Morgan fingerprint density at radius 2 is 1.36 bits per heavy atom. The molecule has 1 heterocycles. The molecule has 6 nitrogen and oxygen atoms in total. The van der Waals surface area contributed by atoms with Gasteiger partial charge < -0.3 is 18.3 Å². The van der Waals surface area contributed by atoms with Crippen molar-refractivity contribution in [2.75, 3.05) is 25.1 Å². The molecule has 8 heteroatoms. The van der Waals surface area contributed by atoms with Crippen LogP contribution in [0, 0.1) is 11.3 Å². The van der Waals surface area contributed by atoms with Gasteiger partial charge >= 0.3 is 6.09 Å². The Morgan fingerprint density at radius 1 is 0.820 bits per heavy atom. The van der Waals surface area contributed by atoms with E-state index >= 15 is 0 Å². The number of epoxide rings is 1. The van der Waals surface area contributed by atoms with Crippen molar-refractivity contribution >= 4 is 38.8 Å². The Hall–Kier alpha value is -3.02. The minimum absolute atomic E-state index is 0.0823. The maximum atomic E-state index is 13.0. The number of para-hydroxylation sites is 1. The lowest BCUT2D eigenvalue weighted by molar-refractivity contribution is 0.0614. The molecule has 1 amide bonds. The van der Waals surface area contributed by atoms with Gasteiger partial charge in [0.05, 0.1) is 12.7 Å². The van der Waals surface area contributed by atoms with Crippen molar-refractivity contribution in [1.82, 2.24) is 0 Å². The van der Waals surface area contributed by atoms with Crippen LogP contribution in [-0.2, 0) is 18.3 Å². The molecule has 2 aliphatic rings. The fourth-order valence-corrected chi connectivity index (χ4v) is 13.2. The number of carbonyl (C=O) groups excluding carboxylic acids is 1. The average Bonchev–Trinajstić information content (AvgIpc) is 3.83. The van der Waals surface area contributed by atoms with Gasteiger partial charge in [-0.05, 0) is 64.1 Å². The molecule has 0 aromatic heterocycles. The maximum Gasteiger partial charge on any atom is 0.411 e. The third-order valence-electron chi connectivity index (χ3n) is 11.7. The van der Waals surface area contributed by atoms with Crippen LogP contribution in [0.1, 0.15) is 68.2 Å². The SMILES string of the molecule is C[C@@H]1C(CO[Si](c2ccccc2)(c2ccccc2)C(C)(C)C)=C[C@](C)(CCCO[Si](C)(C)C(C)(C)C)[C@@]2(COC(=O)Nc3ccccc3)O[C@@H]12. The first-order valence-corrected chi connectivity index (χ1v) is 23.0. The van der Waals surface area contributed by atoms with E-state index in [4.69, 9.17) is 18.3 Å². The van der Waals surface area contributed by atoms with Crippen LogP contribution in [0.3, 0.4) is 0 Å². The van der Waals surface area contributed by atoms with E-state index in [1.807, 2.05) is 30.3 Å². The van der Waals surface area contributed by atoms with Crippen molar-refractivity contribution < 1.29 is 23.1 Å². The number of fused-ring (bicyclic) bond motifs is 1. The molecule has 4 atom stereocenters. The molecule has 5 rings (SSSR count). The minimum Gasteiger partial charge on any atom is -0.446 e. The molecule has 270 valence electrons. The van der Waals surface area contributed by atoms with E-state index in [0.717, 1.165) is 12.8 Å². The molecule has 1 aliphatic carbocycles. The van der Waals surface area contributed by atoms with Crippen molar-refractivity contribution in [3.63, 3.8) is 0 Å². The smallest absolute Gasteiger partial charge is 0.411 e. The Bertz CT molecular complexity index is 1580. The molecule has 1 aliphatic heterocycles. The van der Waals surface area contributed by atoms with Gasteiger partial charge in [-0.1, -0.05) is 140 Å². The first-order valence-electron chi connectivity index (χ1n) is 18.2. The zero-order valence-corrected chi connectivity index (χ0v) is 34.0. The van der Waals surface area contributed by atoms with Crippen molar-refractivity contribution in [3.05, 3.63) is 103 Å². The second kappa shape index (κ2) is 14.5. The van der Waals surface area contributed by atoms with Crippen LogP contribution in [0.4, 0.5) is 10.5 Å². The lowest BCUT2D eigenvalue weighted by Crippen LogP contribution is -2.66. The van der Waals surface area contributed by atoms with E-state index in [2.05, 4.69) is 141 Å². The number of benzene rings is 3. The molecule has 1 fully saturated rings. The quantitative estimate of drug-likeness (QED) is 0.0828. The lowest BCUT2D eigenvalue weighted by Gasteiger charge is -2.44. The Kier molecular flexibility index (Phi) is 11.1. The number of ether oxygens (including phenoxy) is 2. The number of hydrogen-bond donors (Lipinski definition) is 1. The van der Waals surface area contributed by atoms with Gasteiger partial charge in [0.2, 0.25) is 0 Å². The van der Waals surface area contributed by atoms with E-state index < -0.39 is 33.7 Å². The maximum absolute atomic E-state index is 13.0. The number of nitrogens with one attached hydrogen (secondary N) is 1. The topological polar surface area (TPSA) is 69.3 Å². The van der Waals surface area contributed by atoms with E-state index in [-0.39, 0.29) is 28.7 Å². The highest BCUT2D eigenvalue weighted by Gasteiger charge is 2.71. The third kappa shape index (κ3) is 7.60. The Balaban J connectivity index is 1.44. The molecule has 1 N–H and O–H groups in total. The van der Waals surface area contributed by atoms with Gasteiger partial charge in [-0.25, -0.2) is 4.79 Å². The van der Waals surface area contributed by atoms with Gasteiger partial charge in [-0.15, -0.1) is 0 Å². The summed E-state index contributed by atoms with van der Waals surface area (Å²) < 4.78 is 26.7. The van der Waals surface area contributed by atoms with Crippen LogP contribution in [0.5, 0.6) is 0 Å². The highest BCUT2D eigenvalue weighted by molar-refractivity contribution is 6.99. The predicted molar refractivity (Wildman–Crippen MR) is 210 cm³/mol. The van der Waals surface area contributed by atoms with Crippen LogP contribution in [0.2, 0.25) is 23.2 Å². The summed E-state index contributed by atoms with van der Waals surface area (Å²) in [6.45, 7) is 24.3. The van der Waals surface area contributed by atoms with Crippen LogP contribution in [0.25, 0.3) is 0 Å². The van der Waals surface area contributed by atoms with E-state index in [0.29, 0.717) is 18.9 Å². The molecular formula is C42H59NO5Si2. The largest absolute Gasteiger partial charge is 0.446 e. The van der Waals surface area contributed by atoms with Crippen LogP contribution < -0.4 is 15.7 Å². The monoisotopic (exact) mass is 713 g/mol. The molecule has 3 aromatic carbocycles. The van der Waals surface area contributed by atoms with Crippen molar-refractivity contribution in [1.29, 1.82) is 0 Å². The molecule has 0 saturated carbocycles. The lowest BCUT2D eigenvalue weighted by atomic mass is 9.64. The normalized spacial score (nSPS) is 23.8. The zero-order valence-electron chi connectivity index (χ0n) is 32.0. The summed E-state index contributed by atoms with van der Waals surface area (Å²) in [6.07, 6.45) is 3.58. The fraction of sp³-hybridized carbons (Fsp3) is 0.500. The van der Waals surface area contributed by atoms with Gasteiger partial charge in [-0.3, -0.25) is 5.32 Å². The Labute approximate surface area is 303 Å². The first kappa shape index (κ1) is 38.2. The average molecular weight is 714 g/mol. The predicted octanol–water partition coefficient (Wildman–Crippen LogP) is 9.33. The molecule has 0 radical (unpaired) electrons. The molecule has 0 bridgehead atoms. The zero-order chi connectivity index (χ0) is 36.4. The summed E-state index contributed by atoms with van der Waals surface area (Å²) in [6, 6.07) is 31.0. The number of carbonyl (C=O) groups is 1. The summed E-state index contributed by atoms with van der Waals surface area (Å²) in [5, 5.41) is 5.42. The van der Waals surface area contributed by atoms with Crippen molar-refractivity contribution in [2.24, 2.45) is 11.3 Å². The summed E-state index contributed by atoms with van der Waals surface area (Å²) in [5.74, 6) is 0.102. The van der Waals surface area contributed by atoms with Crippen LogP contribution in [-0.4, -0.2) is 54.3 Å². The summed E-state index contributed by atoms with van der Waals surface area (Å²) in [7, 11) is -4.64. The molecule has 1 saturated heterocycles. The van der Waals surface area contributed by atoms with Gasteiger partial charge in [0.1, 0.15) is 12.2 Å². The van der Waals surface area contributed by atoms with Crippen molar-refractivity contribution in [2.45, 2.75) is 103 Å². The Morgan fingerprint density at radius 3 is 1.88 bits per heavy atom. The molecular weight excluding hydrogens is 655 g/mol. The highest BCUT2D eigenvalue weighted by Crippen LogP contribution is 2.61. The number of rotatable bonds is 13. The second-order valence-electron chi connectivity index (χ2n) is 17.1. The fourth-order valence-electron chi connectivity index (χ4n) is 7.54. The van der Waals surface area contributed by atoms with Gasteiger partial charge in [-0.2, -0.15) is 0 Å². The second-order valence-corrected chi connectivity index (χ2v) is 26.2. The first-order chi connectivity index (χ1) is 23.5. The molecule has 3 aromatic rings. The minimum atomic E-state index is -2.75. The summed E-state index contributed by atoms with van der Waals surface area (Å²) >= 11 is 0. The van der Waals surface area contributed by atoms with Gasteiger partial charge in [0, 0.05) is 23.6 Å². The standard InChI is InChI=1S/C42H59NO5Si2/c1-32-33(30-47-50(40(5,6)7,35-23-16-12-17-24-35)36-25-18-13-19-26-36)29-41(8,27-20-28-46-49(9,10)39(2,3)4)42(37(32)48-42)31-45-38(44)43-34-21-14-11-15-22-34/h11-19,21-26,29,32,37H,20,27-28,30-31H2,1-10H3,(H,43,44)/t32-,37+,41+,42+/m1/s1. The van der Waals surface area contributed by atoms with Crippen molar-refractivity contribution in [3.8, 4) is 0 Å². The number of amides is 1. The van der Waals surface area contributed by atoms with Crippen LogP contribution in [0.15, 0.2) is 103 Å². The van der Waals surface area contributed by atoms with E-state index in [9.17, 15) is 4.79 Å². The van der Waals surface area contributed by atoms with E-state index in [1.165, 1.54) is 15.9 Å². The molecule has 0 unspecified atom stereocenters. The molecule has 50 heavy (non-hydrogen) atoms. The highest BCUT2D eigenvalue weighted by atomic mass is 28.4. The van der Waals surface area contributed by atoms with Gasteiger partial charge in [0.15, 0.2) is 8.32 Å². The van der Waals surface area contributed by atoms with Crippen LogP contribution >= 0.6 is 0 Å². The van der Waals surface area contributed by atoms with Gasteiger partial charge in [0.25, 0.3) is 8.32 Å². The number of anilines is 1. The summed E-state index contributed by atoms with van der Waals surface area (Å²) in [5.41, 5.74) is 0.947. The number of hydrogen-bond acceptors (Lipinski definition) is 5. The molecule has 0 spiro atoms. The van der Waals surface area contributed by atoms with E-state index in [1.54, 1.807) is 0 Å². The third-order valence-corrected chi connectivity index (χ3v) is 21.2.